The van der Waals surface area contributed by atoms with Crippen molar-refractivity contribution < 1.29 is 13.2 Å². The van der Waals surface area contributed by atoms with Gasteiger partial charge in [0.15, 0.2) is 9.84 Å². The summed E-state index contributed by atoms with van der Waals surface area (Å²) in [7, 11) is -3.22. The third-order valence-electron chi connectivity index (χ3n) is 5.95. The smallest absolute Gasteiger partial charge is 0.225 e. The summed E-state index contributed by atoms with van der Waals surface area (Å²) in [5.74, 6) is 1.13. The molecule has 0 bridgehead atoms. The van der Waals surface area contributed by atoms with Crippen LogP contribution in [-0.2, 0) is 14.6 Å². The first-order chi connectivity index (χ1) is 13.2. The van der Waals surface area contributed by atoms with Crippen LogP contribution in [0.3, 0.4) is 0 Å². The number of anilines is 1. The average Bonchev–Trinajstić information content (AvgIpc) is 2.68. The highest BCUT2D eigenvalue weighted by Crippen LogP contribution is 2.28. The summed E-state index contributed by atoms with van der Waals surface area (Å²) in [4.78, 5) is 21.8. The third kappa shape index (κ3) is 5.23. The van der Waals surface area contributed by atoms with Crippen LogP contribution in [0.1, 0.15) is 39.5 Å². The zero-order valence-electron chi connectivity index (χ0n) is 17.1. The molecule has 0 unspecified atom stereocenters. The predicted molar refractivity (Wildman–Crippen MR) is 110 cm³/mol. The van der Waals surface area contributed by atoms with Gasteiger partial charge in [0.05, 0.1) is 4.90 Å². The molecular weight excluding hydrogens is 376 g/mol. The molecule has 0 aromatic carbocycles. The second-order valence-electron chi connectivity index (χ2n) is 8.30. The van der Waals surface area contributed by atoms with Crippen LogP contribution in [0.5, 0.6) is 0 Å². The van der Waals surface area contributed by atoms with E-state index in [-0.39, 0.29) is 16.9 Å². The van der Waals surface area contributed by atoms with E-state index in [0.717, 1.165) is 51.9 Å². The highest BCUT2D eigenvalue weighted by molar-refractivity contribution is 7.90. The van der Waals surface area contributed by atoms with Gasteiger partial charge in [0.1, 0.15) is 5.82 Å². The van der Waals surface area contributed by atoms with Crippen LogP contribution in [0.25, 0.3) is 0 Å². The van der Waals surface area contributed by atoms with Gasteiger partial charge in [-0.25, -0.2) is 13.4 Å². The number of piperazine rings is 1. The second-order valence-corrected chi connectivity index (χ2v) is 10.3. The van der Waals surface area contributed by atoms with Gasteiger partial charge in [-0.1, -0.05) is 0 Å². The summed E-state index contributed by atoms with van der Waals surface area (Å²) < 4.78 is 23.0. The first-order valence-electron chi connectivity index (χ1n) is 10.2. The lowest BCUT2D eigenvalue weighted by molar-refractivity contribution is -0.138. The Balaban J connectivity index is 1.46. The fourth-order valence-electron chi connectivity index (χ4n) is 4.10. The molecule has 0 spiro atoms. The Morgan fingerprint density at radius 2 is 1.75 bits per heavy atom. The zero-order chi connectivity index (χ0) is 20.3. The lowest BCUT2D eigenvalue weighted by Gasteiger charge is -2.39. The first kappa shape index (κ1) is 21.0. The number of aromatic nitrogens is 1. The van der Waals surface area contributed by atoms with Crippen molar-refractivity contribution in [2.75, 3.05) is 37.8 Å². The first-order valence-corrected chi connectivity index (χ1v) is 12.1. The molecule has 1 N–H and O–H groups in total. The van der Waals surface area contributed by atoms with Crippen molar-refractivity contribution in [2.24, 2.45) is 5.92 Å². The maximum Gasteiger partial charge on any atom is 0.225 e. The molecule has 1 aliphatic heterocycles. The van der Waals surface area contributed by atoms with Gasteiger partial charge in [-0.15, -0.1) is 0 Å². The van der Waals surface area contributed by atoms with Gasteiger partial charge in [-0.3, -0.25) is 9.69 Å². The molecule has 156 valence electrons. The van der Waals surface area contributed by atoms with E-state index in [1.165, 1.54) is 12.5 Å². The van der Waals surface area contributed by atoms with Crippen molar-refractivity contribution in [3.05, 3.63) is 18.3 Å². The molecule has 8 heteroatoms. The van der Waals surface area contributed by atoms with Crippen molar-refractivity contribution >= 4 is 21.6 Å². The SMILES string of the molecule is CC(C)N1CCN(C(=O)[C@H]2CC[C@H](Nc3ccc(S(C)(=O)=O)cn3)CC2)CC1. The number of nitrogens with zero attached hydrogens (tertiary/aromatic N) is 3. The lowest BCUT2D eigenvalue weighted by atomic mass is 9.85. The summed E-state index contributed by atoms with van der Waals surface area (Å²) >= 11 is 0. The van der Waals surface area contributed by atoms with E-state index >= 15 is 0 Å². The normalized spacial score (nSPS) is 24.4. The van der Waals surface area contributed by atoms with Gasteiger partial charge in [0.25, 0.3) is 0 Å². The third-order valence-corrected chi connectivity index (χ3v) is 7.05. The molecule has 1 aromatic rings. The van der Waals surface area contributed by atoms with Gasteiger partial charge >= 0.3 is 0 Å². The molecule has 28 heavy (non-hydrogen) atoms. The van der Waals surface area contributed by atoms with E-state index in [0.29, 0.717) is 17.8 Å². The molecule has 0 atom stereocenters. The predicted octanol–water partition coefficient (Wildman–Crippen LogP) is 2.01. The Morgan fingerprint density at radius 3 is 2.25 bits per heavy atom. The number of carbonyl (C=O) groups is 1. The van der Waals surface area contributed by atoms with E-state index in [1.807, 2.05) is 4.90 Å². The number of hydrogen-bond donors (Lipinski definition) is 1. The molecule has 1 aliphatic carbocycles. The van der Waals surface area contributed by atoms with Crippen LogP contribution in [0.4, 0.5) is 5.82 Å². The van der Waals surface area contributed by atoms with Crippen molar-refractivity contribution in [2.45, 2.75) is 56.5 Å². The summed E-state index contributed by atoms with van der Waals surface area (Å²) in [6.07, 6.45) is 6.21. The quantitative estimate of drug-likeness (QED) is 0.803. The fourth-order valence-corrected chi connectivity index (χ4v) is 4.66. The molecule has 1 aromatic heterocycles. The highest BCUT2D eigenvalue weighted by Gasteiger charge is 2.31. The molecule has 1 saturated heterocycles. The lowest BCUT2D eigenvalue weighted by Crippen LogP contribution is -2.52. The summed E-state index contributed by atoms with van der Waals surface area (Å²) in [6, 6.07) is 4.11. The molecular formula is C20H32N4O3S. The Kier molecular flexibility index (Phi) is 6.60. The van der Waals surface area contributed by atoms with Gasteiger partial charge in [-0.2, -0.15) is 0 Å². The van der Waals surface area contributed by atoms with Crippen molar-refractivity contribution in [3.63, 3.8) is 0 Å². The average molecular weight is 409 g/mol. The molecule has 2 heterocycles. The Morgan fingerprint density at radius 1 is 1.11 bits per heavy atom. The second kappa shape index (κ2) is 8.78. The maximum absolute atomic E-state index is 12.8. The maximum atomic E-state index is 12.8. The van der Waals surface area contributed by atoms with Gasteiger partial charge in [-0.05, 0) is 51.7 Å². The van der Waals surface area contributed by atoms with Gasteiger partial charge < -0.3 is 10.2 Å². The van der Waals surface area contributed by atoms with Crippen LogP contribution < -0.4 is 5.32 Å². The largest absolute Gasteiger partial charge is 0.367 e. The topological polar surface area (TPSA) is 82.6 Å². The highest BCUT2D eigenvalue weighted by atomic mass is 32.2. The number of nitrogens with one attached hydrogen (secondary N) is 1. The minimum atomic E-state index is -3.22. The minimum Gasteiger partial charge on any atom is -0.367 e. The molecule has 0 radical (unpaired) electrons. The molecule has 3 rings (SSSR count). The number of hydrogen-bond acceptors (Lipinski definition) is 6. The van der Waals surface area contributed by atoms with E-state index < -0.39 is 9.84 Å². The van der Waals surface area contributed by atoms with Gasteiger partial charge in [0, 0.05) is 56.6 Å². The van der Waals surface area contributed by atoms with E-state index in [4.69, 9.17) is 0 Å². The number of amides is 1. The molecule has 7 nitrogen and oxygen atoms in total. The molecule has 1 amide bonds. The number of carbonyl (C=O) groups excluding carboxylic acids is 1. The van der Waals surface area contributed by atoms with Crippen LogP contribution in [0.15, 0.2) is 23.2 Å². The summed E-state index contributed by atoms with van der Waals surface area (Å²) in [5.41, 5.74) is 0. The Hall–Kier alpha value is -1.67. The van der Waals surface area contributed by atoms with E-state index in [1.54, 1.807) is 12.1 Å². The number of sulfone groups is 1. The Labute approximate surface area is 168 Å². The molecule has 2 fully saturated rings. The number of pyridine rings is 1. The fraction of sp³-hybridized carbons (Fsp3) is 0.700. The minimum absolute atomic E-state index is 0.129. The van der Waals surface area contributed by atoms with Crippen LogP contribution in [-0.4, -0.2) is 73.6 Å². The van der Waals surface area contributed by atoms with E-state index in [2.05, 4.69) is 29.0 Å². The summed E-state index contributed by atoms with van der Waals surface area (Å²) in [5, 5.41) is 3.38. The van der Waals surface area contributed by atoms with Crippen molar-refractivity contribution in [1.82, 2.24) is 14.8 Å². The monoisotopic (exact) mass is 408 g/mol. The standard InChI is InChI=1S/C20H32N4O3S/c1-15(2)23-10-12-24(13-11-23)20(25)16-4-6-17(7-5-16)22-19-9-8-18(14-21-19)28(3,26)27/h8-9,14-17H,4-7,10-13H2,1-3H3,(H,21,22)/t16-,17-. The zero-order valence-corrected chi connectivity index (χ0v) is 17.9. The van der Waals surface area contributed by atoms with Gasteiger partial charge in [0.2, 0.25) is 5.91 Å². The molecule has 2 aliphatic rings. The van der Waals surface area contributed by atoms with Crippen LogP contribution in [0.2, 0.25) is 0 Å². The summed E-state index contributed by atoms with van der Waals surface area (Å²) in [6.45, 7) is 8.02. The molecule has 1 saturated carbocycles. The van der Waals surface area contributed by atoms with Crippen LogP contribution in [0, 0.1) is 5.92 Å². The number of rotatable bonds is 5. The Bertz CT molecular complexity index is 763. The van der Waals surface area contributed by atoms with Crippen molar-refractivity contribution in [3.8, 4) is 0 Å². The van der Waals surface area contributed by atoms with Crippen LogP contribution >= 0.6 is 0 Å². The van der Waals surface area contributed by atoms with Crippen molar-refractivity contribution in [1.29, 1.82) is 0 Å². The van der Waals surface area contributed by atoms with E-state index in [9.17, 15) is 13.2 Å².